The maximum Gasteiger partial charge on any atom is 0.418 e. The van der Waals surface area contributed by atoms with Crippen LogP contribution in [0.4, 0.5) is 5.13 Å². The van der Waals surface area contributed by atoms with Crippen LogP contribution in [0.3, 0.4) is 0 Å². The van der Waals surface area contributed by atoms with Crippen molar-refractivity contribution in [2.45, 2.75) is 69.5 Å². The first-order chi connectivity index (χ1) is 23.3. The summed E-state index contributed by atoms with van der Waals surface area (Å²) in [6, 6.07) is 4.13. The van der Waals surface area contributed by atoms with Crippen LogP contribution in [0.5, 0.6) is 5.75 Å². The largest absolute Gasteiger partial charge is 0.485 e. The van der Waals surface area contributed by atoms with Gasteiger partial charge in [-0.15, -0.1) is 20.3 Å². The number of aliphatic hydroxyl groups is 1. The van der Waals surface area contributed by atoms with E-state index in [1.54, 1.807) is 6.07 Å². The van der Waals surface area contributed by atoms with Crippen molar-refractivity contribution in [3.8, 4) is 16.9 Å². The highest BCUT2D eigenvalue weighted by molar-refractivity contribution is 7.80. The molecule has 21 heteroatoms. The molecule has 0 unspecified atom stereocenters. The standard InChI is InChI=1S/C29H36N8O11S2/c1-28(2)23(25(40)37(28)48-50(43,44)45)33-24(39)22(19-14-49-27(31)32-19)34-47-29(3,26(41)42)21-8-6-16-9-15(5-7-20(16)46-21)17-11-35(4)36(12-17)13-18(38)10-30/h5,7,9,11-12,14,18,21,23,38H,6,8,10,13,30H2,1-4H3,(H4-,31,32,33,39,41,42,43,44,45)/p+1/b34-22-/t18-,21+,23+,29-/m0/s1. The van der Waals surface area contributed by atoms with Crippen molar-refractivity contribution in [2.75, 3.05) is 12.3 Å². The lowest BCUT2D eigenvalue weighted by molar-refractivity contribution is -0.754. The Balaban J connectivity index is 1.36. The van der Waals surface area contributed by atoms with Crippen LogP contribution in [0, 0.1) is 0 Å². The van der Waals surface area contributed by atoms with Gasteiger partial charge < -0.3 is 36.6 Å². The molecular formula is C29H37N8O11S2+. The van der Waals surface area contributed by atoms with Crippen molar-refractivity contribution in [1.82, 2.24) is 20.0 Å². The number of hydroxylamine groups is 2. The smallest absolute Gasteiger partial charge is 0.418 e. The molecule has 1 aromatic carbocycles. The van der Waals surface area contributed by atoms with E-state index in [0.717, 1.165) is 28.0 Å². The maximum atomic E-state index is 13.5. The number of amides is 2. The molecule has 19 nitrogen and oxygen atoms in total. The number of thiazole rings is 1. The van der Waals surface area contributed by atoms with Gasteiger partial charge >= 0.3 is 16.4 Å². The van der Waals surface area contributed by atoms with Crippen LogP contribution < -0.4 is 26.2 Å². The quantitative estimate of drug-likeness (QED) is 0.0410. The van der Waals surface area contributed by atoms with Crippen molar-refractivity contribution in [2.24, 2.45) is 17.9 Å². The molecule has 2 aromatic heterocycles. The molecule has 3 aromatic rings. The number of ether oxygens (including phenoxy) is 1. The average Bonchev–Trinajstić information content (AvgIpc) is 3.65. The highest BCUT2D eigenvalue weighted by atomic mass is 32.3. The number of carboxylic acids is 1. The first-order valence-corrected chi connectivity index (χ1v) is 17.4. The number of nitrogens with two attached hydrogens (primary N) is 2. The summed E-state index contributed by atoms with van der Waals surface area (Å²) in [6.45, 7) is 4.42. The number of hydrogen-bond acceptors (Lipinski definition) is 14. The number of nitrogens with one attached hydrogen (secondary N) is 1. The Morgan fingerprint density at radius 3 is 2.66 bits per heavy atom. The molecule has 0 spiro atoms. The Kier molecular flexibility index (Phi) is 9.93. The third kappa shape index (κ3) is 7.27. The molecule has 1 saturated heterocycles. The summed E-state index contributed by atoms with van der Waals surface area (Å²) < 4.78 is 45.5. The summed E-state index contributed by atoms with van der Waals surface area (Å²) in [5.41, 5.74) is 9.73. The predicted molar refractivity (Wildman–Crippen MR) is 175 cm³/mol. The average molecular weight is 738 g/mol. The van der Waals surface area contributed by atoms with Crippen molar-refractivity contribution in [3.63, 3.8) is 0 Å². The van der Waals surface area contributed by atoms with Crippen molar-refractivity contribution >= 4 is 50.4 Å². The lowest BCUT2D eigenvalue weighted by atomic mass is 9.84. The van der Waals surface area contributed by atoms with Gasteiger partial charge in [-0.05, 0) is 56.9 Å². The molecule has 2 amide bonds. The van der Waals surface area contributed by atoms with E-state index in [-0.39, 0.29) is 23.8 Å². The number of β-lactam (4-membered cyclic amide) rings is 1. The minimum Gasteiger partial charge on any atom is -0.485 e. The van der Waals surface area contributed by atoms with E-state index >= 15 is 0 Å². The number of nitrogens with zero attached hydrogens (tertiary/aromatic N) is 5. The van der Waals surface area contributed by atoms with Crippen LogP contribution in [0.2, 0.25) is 0 Å². The van der Waals surface area contributed by atoms with Gasteiger partial charge in [0.1, 0.15) is 24.0 Å². The number of carboxylic acid groups (broad SMARTS) is 1. The number of carbonyl (C=O) groups is 3. The molecule has 50 heavy (non-hydrogen) atoms. The topological polar surface area (TPSA) is 275 Å². The van der Waals surface area contributed by atoms with Crippen LogP contribution >= 0.6 is 11.3 Å². The van der Waals surface area contributed by atoms with E-state index in [1.807, 2.05) is 40.9 Å². The van der Waals surface area contributed by atoms with Gasteiger partial charge in [0, 0.05) is 11.9 Å². The van der Waals surface area contributed by atoms with E-state index in [1.165, 1.54) is 26.2 Å². The summed E-state index contributed by atoms with van der Waals surface area (Å²) in [4.78, 5) is 48.4. The third-order valence-electron chi connectivity index (χ3n) is 8.49. The molecule has 4 heterocycles. The molecule has 8 N–H and O–H groups in total. The summed E-state index contributed by atoms with van der Waals surface area (Å²) in [5, 5.41) is 28.4. The molecule has 0 saturated carbocycles. The fraction of sp³-hybridized carbons (Fsp3) is 0.448. The van der Waals surface area contributed by atoms with E-state index in [9.17, 15) is 33.0 Å². The number of hydrogen-bond donors (Lipinski definition) is 6. The zero-order valence-corrected chi connectivity index (χ0v) is 29.0. The molecule has 270 valence electrons. The van der Waals surface area contributed by atoms with Gasteiger partial charge in [0.15, 0.2) is 24.0 Å². The Labute approximate surface area is 289 Å². The third-order valence-corrected chi connectivity index (χ3v) is 9.51. The number of benzene rings is 1. The van der Waals surface area contributed by atoms with Gasteiger partial charge in [-0.25, -0.2) is 9.78 Å². The van der Waals surface area contributed by atoms with Crippen molar-refractivity contribution in [1.29, 1.82) is 0 Å². The minimum atomic E-state index is -5.03. The molecule has 1 fully saturated rings. The molecule has 0 bridgehead atoms. The molecule has 4 atom stereocenters. The minimum absolute atomic E-state index is 0.0549. The second-order valence-corrected chi connectivity index (χ2v) is 14.4. The number of rotatable bonds is 13. The summed E-state index contributed by atoms with van der Waals surface area (Å²) in [7, 11) is -3.19. The number of aliphatic hydroxyl groups excluding tert-OH is 1. The lowest BCUT2D eigenvalue weighted by Gasteiger charge is -2.50. The van der Waals surface area contributed by atoms with E-state index in [0.29, 0.717) is 23.8 Å². The molecule has 2 aliphatic rings. The Morgan fingerprint density at radius 2 is 2.06 bits per heavy atom. The molecule has 2 aliphatic heterocycles. The number of carbonyl (C=O) groups excluding carboxylic acids is 2. The Hall–Kier alpha value is -4.67. The molecule has 5 rings (SSSR count). The number of oxime groups is 1. The second kappa shape index (κ2) is 13.6. The zero-order valence-electron chi connectivity index (χ0n) is 27.3. The van der Waals surface area contributed by atoms with Gasteiger partial charge in [0.2, 0.25) is 6.20 Å². The van der Waals surface area contributed by atoms with E-state index in [2.05, 4.69) is 19.7 Å². The van der Waals surface area contributed by atoms with Crippen LogP contribution in [0.25, 0.3) is 11.1 Å². The lowest BCUT2D eigenvalue weighted by Crippen LogP contribution is -2.76. The van der Waals surface area contributed by atoms with Crippen LogP contribution in [-0.4, -0.2) is 97.3 Å². The van der Waals surface area contributed by atoms with E-state index < -0.39 is 63.3 Å². The number of aryl methyl sites for hydroxylation is 2. The molecule has 0 aliphatic carbocycles. The van der Waals surface area contributed by atoms with Gasteiger partial charge in [0.25, 0.3) is 17.4 Å². The molecular weight excluding hydrogens is 700 g/mol. The zero-order chi connectivity index (χ0) is 36.8. The van der Waals surface area contributed by atoms with Gasteiger partial charge in [-0.1, -0.05) is 11.2 Å². The van der Waals surface area contributed by atoms with Gasteiger partial charge in [-0.3, -0.25) is 14.1 Å². The number of anilines is 1. The fourth-order valence-corrected chi connectivity index (χ4v) is 6.54. The summed E-state index contributed by atoms with van der Waals surface area (Å²) >= 11 is 0.962. The summed E-state index contributed by atoms with van der Waals surface area (Å²) in [6.07, 6.45) is 2.64. The van der Waals surface area contributed by atoms with Gasteiger partial charge in [0.05, 0.1) is 23.4 Å². The van der Waals surface area contributed by atoms with Gasteiger partial charge in [-0.2, -0.15) is 18.2 Å². The number of aliphatic carboxylic acids is 1. The molecule has 0 radical (unpaired) electrons. The first-order valence-electron chi connectivity index (χ1n) is 15.1. The van der Waals surface area contributed by atoms with Crippen molar-refractivity contribution < 1.29 is 56.1 Å². The van der Waals surface area contributed by atoms with E-state index in [4.69, 9.17) is 25.6 Å². The number of fused-ring (bicyclic) bond motifs is 1. The highest BCUT2D eigenvalue weighted by Crippen LogP contribution is 2.37. The Morgan fingerprint density at radius 1 is 1.34 bits per heavy atom. The Bertz CT molecular complexity index is 1960. The first kappa shape index (κ1) is 36.6. The highest BCUT2D eigenvalue weighted by Gasteiger charge is 2.58. The second-order valence-electron chi connectivity index (χ2n) is 12.5. The predicted octanol–water partition coefficient (Wildman–Crippen LogP) is -0.864. The van der Waals surface area contributed by atoms with Crippen LogP contribution in [-0.2, 0) is 53.9 Å². The van der Waals surface area contributed by atoms with Crippen LogP contribution in [0.15, 0.2) is 41.1 Å². The fourth-order valence-electron chi connectivity index (χ4n) is 5.53. The number of aromatic nitrogens is 3. The normalized spacial score (nSPS) is 20.6. The maximum absolute atomic E-state index is 13.5. The van der Waals surface area contributed by atoms with Crippen molar-refractivity contribution in [3.05, 3.63) is 47.2 Å². The van der Waals surface area contributed by atoms with Crippen LogP contribution in [0.1, 0.15) is 38.4 Å². The summed E-state index contributed by atoms with van der Waals surface area (Å²) in [5.74, 6) is -3.03. The number of nitrogen functional groups attached to an aromatic ring is 1. The SMILES string of the molecule is C[n+]1cc(-c2ccc3c(c2)CC[C@H]([C@](C)(O/N=C(\C(=O)N[C@@H]2C(=O)N(OS(=O)(=O)O)C2(C)C)c2csc(N)n2)C(=O)O)O3)cn1C[C@@H](O)CN. The monoisotopic (exact) mass is 737 g/mol.